The lowest BCUT2D eigenvalue weighted by Crippen LogP contribution is -2.62. The number of alkyl halides is 3. The molecular weight excluding hydrogens is 371 g/mol. The Morgan fingerprint density at radius 2 is 1.93 bits per heavy atom. The van der Waals surface area contributed by atoms with Crippen LogP contribution in [0.25, 0.3) is 11.0 Å². The van der Waals surface area contributed by atoms with Crippen LogP contribution in [0.2, 0.25) is 0 Å². The Hall–Kier alpha value is -2.38. The van der Waals surface area contributed by atoms with Gasteiger partial charge in [0.2, 0.25) is 5.91 Å². The van der Waals surface area contributed by atoms with E-state index < -0.39 is 30.0 Å². The molecule has 1 aliphatic carbocycles. The highest BCUT2D eigenvalue weighted by atomic mass is 19.4. The number of imidazole rings is 1. The van der Waals surface area contributed by atoms with Crippen LogP contribution in [-0.2, 0) is 21.7 Å². The van der Waals surface area contributed by atoms with E-state index in [1.54, 1.807) is 18.2 Å². The lowest BCUT2D eigenvalue weighted by atomic mass is 9.86. The maximum absolute atomic E-state index is 14.2. The van der Waals surface area contributed by atoms with Gasteiger partial charge in [-0.25, -0.2) is 4.98 Å². The van der Waals surface area contributed by atoms with E-state index in [1.807, 2.05) is 0 Å². The van der Waals surface area contributed by atoms with E-state index in [0.29, 0.717) is 17.9 Å². The second-order valence-electron chi connectivity index (χ2n) is 7.75. The van der Waals surface area contributed by atoms with Crippen molar-refractivity contribution in [3.8, 4) is 0 Å². The van der Waals surface area contributed by atoms with Crippen LogP contribution >= 0.6 is 0 Å². The van der Waals surface area contributed by atoms with E-state index in [2.05, 4.69) is 10.3 Å². The van der Waals surface area contributed by atoms with Gasteiger partial charge < -0.3 is 5.32 Å². The van der Waals surface area contributed by atoms with Crippen molar-refractivity contribution in [1.82, 2.24) is 14.9 Å². The van der Waals surface area contributed by atoms with Crippen LogP contribution < -0.4 is 5.32 Å². The molecule has 0 saturated heterocycles. The number of fused-ring (bicyclic) bond motifs is 3. The number of halogens is 3. The number of amides is 1. The van der Waals surface area contributed by atoms with Gasteiger partial charge >= 0.3 is 6.18 Å². The van der Waals surface area contributed by atoms with Gasteiger partial charge in [-0.3, -0.25) is 14.2 Å². The van der Waals surface area contributed by atoms with Crippen molar-refractivity contribution >= 4 is 22.7 Å². The molecule has 28 heavy (non-hydrogen) atoms. The van der Waals surface area contributed by atoms with Crippen LogP contribution in [0.5, 0.6) is 0 Å². The third-order valence-corrected chi connectivity index (χ3v) is 5.92. The number of nitrogens with one attached hydrogen (secondary N) is 1. The van der Waals surface area contributed by atoms with Crippen LogP contribution in [0.3, 0.4) is 0 Å². The van der Waals surface area contributed by atoms with Crippen LogP contribution in [0.1, 0.15) is 50.8 Å². The summed E-state index contributed by atoms with van der Waals surface area (Å²) >= 11 is 0. The van der Waals surface area contributed by atoms with E-state index in [4.69, 9.17) is 0 Å². The number of hydrogen-bond acceptors (Lipinski definition) is 3. The van der Waals surface area contributed by atoms with E-state index in [0.717, 1.165) is 30.3 Å². The zero-order chi connectivity index (χ0) is 19.9. The number of para-hydroxylation sites is 2. The Balaban J connectivity index is 1.65. The molecule has 150 valence electrons. The summed E-state index contributed by atoms with van der Waals surface area (Å²) in [5.74, 6) is -1.46. The molecule has 1 unspecified atom stereocenters. The lowest BCUT2D eigenvalue weighted by molar-refractivity contribution is -0.218. The number of rotatable bonds is 4. The van der Waals surface area contributed by atoms with Crippen molar-refractivity contribution in [1.29, 1.82) is 0 Å². The first-order chi connectivity index (χ1) is 13.3. The van der Waals surface area contributed by atoms with Gasteiger partial charge in [0.25, 0.3) is 5.66 Å². The third kappa shape index (κ3) is 2.99. The lowest BCUT2D eigenvalue weighted by Gasteiger charge is -2.33. The number of nitrogens with zero attached hydrogens (tertiary/aromatic N) is 2. The Morgan fingerprint density at radius 3 is 2.64 bits per heavy atom. The van der Waals surface area contributed by atoms with Gasteiger partial charge in [0.05, 0.1) is 17.5 Å². The molecule has 1 amide bonds. The first-order valence-electron chi connectivity index (χ1n) is 9.71. The number of carbonyl (C=O) groups is 2. The Kier molecular flexibility index (Phi) is 4.67. The zero-order valence-corrected chi connectivity index (χ0v) is 15.4. The van der Waals surface area contributed by atoms with Crippen LogP contribution in [0.4, 0.5) is 13.2 Å². The molecule has 1 atom stereocenters. The monoisotopic (exact) mass is 393 g/mol. The minimum absolute atomic E-state index is 0.0161. The molecule has 1 N–H and O–H groups in total. The maximum atomic E-state index is 14.2. The quantitative estimate of drug-likeness (QED) is 0.858. The molecule has 2 heterocycles. The molecule has 1 aliphatic heterocycles. The maximum Gasteiger partial charge on any atom is 0.438 e. The molecular formula is C20H22F3N3O2. The van der Waals surface area contributed by atoms with Crippen molar-refractivity contribution in [3.05, 3.63) is 30.1 Å². The number of benzene rings is 1. The average Bonchev–Trinajstić information content (AvgIpc) is 3.15. The fraction of sp³-hybridized carbons (Fsp3) is 0.550. The summed E-state index contributed by atoms with van der Waals surface area (Å²) < 4.78 is 43.5. The predicted octanol–water partition coefficient (Wildman–Crippen LogP) is 3.85. The molecule has 1 saturated carbocycles. The average molecular weight is 393 g/mol. The van der Waals surface area contributed by atoms with Crippen molar-refractivity contribution in [3.63, 3.8) is 0 Å². The first kappa shape index (κ1) is 19.0. The largest absolute Gasteiger partial charge is 0.438 e. The van der Waals surface area contributed by atoms with Gasteiger partial charge in [0.15, 0.2) is 5.78 Å². The Morgan fingerprint density at radius 1 is 1.21 bits per heavy atom. The molecule has 0 bridgehead atoms. The minimum Gasteiger partial charge on any atom is -0.319 e. The molecule has 1 aromatic carbocycles. The highest BCUT2D eigenvalue weighted by Gasteiger charge is 2.66. The second kappa shape index (κ2) is 6.90. The molecule has 8 heteroatoms. The van der Waals surface area contributed by atoms with Gasteiger partial charge in [-0.1, -0.05) is 44.2 Å². The first-order valence-corrected chi connectivity index (χ1v) is 9.71. The van der Waals surface area contributed by atoms with Crippen molar-refractivity contribution in [2.24, 2.45) is 5.92 Å². The van der Waals surface area contributed by atoms with Crippen molar-refractivity contribution < 1.29 is 22.8 Å². The van der Waals surface area contributed by atoms with Gasteiger partial charge in [0.1, 0.15) is 5.82 Å². The summed E-state index contributed by atoms with van der Waals surface area (Å²) in [5.41, 5.74) is -2.52. The van der Waals surface area contributed by atoms with E-state index in [9.17, 15) is 22.8 Å². The predicted molar refractivity (Wildman–Crippen MR) is 96.4 cm³/mol. The third-order valence-electron chi connectivity index (χ3n) is 5.92. The summed E-state index contributed by atoms with van der Waals surface area (Å²) in [6.45, 7) is 0. The summed E-state index contributed by atoms with van der Waals surface area (Å²) in [6, 6.07) is 6.34. The smallest absolute Gasteiger partial charge is 0.319 e. The molecule has 1 aromatic heterocycles. The fourth-order valence-electron chi connectivity index (χ4n) is 4.52. The molecule has 2 aromatic rings. The zero-order valence-electron chi connectivity index (χ0n) is 15.4. The molecule has 0 radical (unpaired) electrons. The molecule has 4 rings (SSSR count). The molecule has 5 nitrogen and oxygen atoms in total. The van der Waals surface area contributed by atoms with Gasteiger partial charge in [-0.2, -0.15) is 13.2 Å². The topological polar surface area (TPSA) is 64.0 Å². The highest BCUT2D eigenvalue weighted by molar-refractivity contribution is 5.97. The Labute approximate surface area is 160 Å². The van der Waals surface area contributed by atoms with Crippen LogP contribution in [-0.4, -0.2) is 27.4 Å². The number of Topliss-reactive ketones (excluding diaryl/α,β-unsaturated/α-hetero) is 1. The van der Waals surface area contributed by atoms with E-state index in [1.165, 1.54) is 12.5 Å². The molecule has 0 spiro atoms. The Bertz CT molecular complexity index is 915. The van der Waals surface area contributed by atoms with Crippen molar-refractivity contribution in [2.75, 3.05) is 0 Å². The number of carbonyl (C=O) groups excluding carboxylic acids is 2. The summed E-state index contributed by atoms with van der Waals surface area (Å²) in [4.78, 5) is 29.2. The van der Waals surface area contributed by atoms with Crippen LogP contribution in [0, 0.1) is 5.92 Å². The standard InChI is InChI=1S/C20H22F3N3O2/c21-20(22,23)19(25-18(28)11-10-13-6-2-1-3-7-13)16(27)12-17-24-14-8-4-5-9-15(14)26(17)19/h4-5,8-9,13H,1-3,6-7,10-12H2,(H,25,28). The normalized spacial score (nSPS) is 23.2. The molecule has 2 aliphatic rings. The van der Waals surface area contributed by atoms with Gasteiger partial charge in [0, 0.05) is 6.42 Å². The SMILES string of the molecule is O=C(CCC1CCCCC1)NC1(C(F)(F)F)C(=O)Cc2nc3ccccc3n21. The van der Waals surface area contributed by atoms with Crippen LogP contribution in [0.15, 0.2) is 24.3 Å². The van der Waals surface area contributed by atoms with Gasteiger partial charge in [-0.05, 0) is 24.5 Å². The minimum atomic E-state index is -4.97. The number of ketones is 1. The van der Waals surface area contributed by atoms with E-state index >= 15 is 0 Å². The summed E-state index contributed by atoms with van der Waals surface area (Å²) in [5, 5.41) is 2.07. The van der Waals surface area contributed by atoms with E-state index in [-0.39, 0.29) is 17.8 Å². The summed E-state index contributed by atoms with van der Waals surface area (Å²) in [6.07, 6.45) is 0.480. The molecule has 1 fully saturated rings. The highest BCUT2D eigenvalue weighted by Crippen LogP contribution is 2.43. The second-order valence-corrected chi connectivity index (χ2v) is 7.75. The van der Waals surface area contributed by atoms with Crippen molar-refractivity contribution in [2.45, 2.75) is 63.2 Å². The summed E-state index contributed by atoms with van der Waals surface area (Å²) in [7, 11) is 0. The number of hydrogen-bond donors (Lipinski definition) is 1. The van der Waals surface area contributed by atoms with Gasteiger partial charge in [-0.15, -0.1) is 0 Å². The fourth-order valence-corrected chi connectivity index (χ4v) is 4.52. The number of aromatic nitrogens is 2.